The molecule has 0 radical (unpaired) electrons. The molecule has 128 valence electrons. The van der Waals surface area contributed by atoms with Gasteiger partial charge >= 0.3 is 0 Å². The topological polar surface area (TPSA) is 54.0 Å². The zero-order valence-corrected chi connectivity index (χ0v) is 14.3. The van der Waals surface area contributed by atoms with Crippen LogP contribution in [0.3, 0.4) is 0 Å². The van der Waals surface area contributed by atoms with Gasteiger partial charge in [0.2, 0.25) is 0 Å². The van der Waals surface area contributed by atoms with Gasteiger partial charge in [0.25, 0.3) is 5.91 Å². The summed E-state index contributed by atoms with van der Waals surface area (Å²) in [4.78, 5) is 17.1. The molecule has 0 bridgehead atoms. The van der Waals surface area contributed by atoms with E-state index in [-0.39, 0.29) is 5.91 Å². The van der Waals surface area contributed by atoms with Crippen molar-refractivity contribution in [3.8, 4) is 11.5 Å². The number of nitrogens with one attached hydrogen (secondary N) is 1. The van der Waals surface area contributed by atoms with Crippen LogP contribution >= 0.6 is 0 Å². The molecule has 1 aromatic carbocycles. The number of amides is 1. The zero-order valence-electron chi connectivity index (χ0n) is 14.3. The van der Waals surface area contributed by atoms with Crippen molar-refractivity contribution in [2.24, 2.45) is 0 Å². The van der Waals surface area contributed by atoms with Crippen LogP contribution in [0, 0.1) is 0 Å². The van der Waals surface area contributed by atoms with E-state index in [1.54, 1.807) is 32.4 Å². The maximum absolute atomic E-state index is 12.3. The van der Waals surface area contributed by atoms with Crippen molar-refractivity contribution in [3.05, 3.63) is 23.8 Å². The first kappa shape index (κ1) is 17.6. The molecule has 6 nitrogen and oxygen atoms in total. The molecule has 1 heterocycles. The normalized spacial score (nSPS) is 16.1. The van der Waals surface area contributed by atoms with Crippen molar-refractivity contribution in [1.29, 1.82) is 0 Å². The smallest absolute Gasteiger partial charge is 0.255 e. The predicted molar refractivity (Wildman–Crippen MR) is 90.4 cm³/mol. The van der Waals surface area contributed by atoms with Crippen LogP contribution in [0.15, 0.2) is 18.2 Å². The Balaban J connectivity index is 1.78. The van der Waals surface area contributed by atoms with Gasteiger partial charge in [0.15, 0.2) is 0 Å². The Morgan fingerprint density at radius 3 is 2.57 bits per heavy atom. The molecule has 0 aromatic heterocycles. The van der Waals surface area contributed by atoms with E-state index >= 15 is 0 Å². The van der Waals surface area contributed by atoms with Crippen molar-refractivity contribution in [2.75, 3.05) is 60.5 Å². The summed E-state index contributed by atoms with van der Waals surface area (Å²) in [6, 6.07) is 5.23. The summed E-state index contributed by atoms with van der Waals surface area (Å²) >= 11 is 0. The summed E-state index contributed by atoms with van der Waals surface area (Å²) in [5.74, 6) is 1.08. The van der Waals surface area contributed by atoms with Gasteiger partial charge in [-0.25, -0.2) is 0 Å². The van der Waals surface area contributed by atoms with E-state index in [2.05, 4.69) is 22.2 Å². The lowest BCUT2D eigenvalue weighted by Gasteiger charge is -2.32. The molecule has 1 aliphatic rings. The van der Waals surface area contributed by atoms with Gasteiger partial charge in [0.05, 0.1) is 19.8 Å². The number of ether oxygens (including phenoxy) is 2. The average molecular weight is 321 g/mol. The van der Waals surface area contributed by atoms with Crippen molar-refractivity contribution < 1.29 is 14.3 Å². The van der Waals surface area contributed by atoms with Gasteiger partial charge in [-0.2, -0.15) is 0 Å². The molecule has 1 aliphatic heterocycles. The third-order valence-corrected chi connectivity index (χ3v) is 4.18. The summed E-state index contributed by atoms with van der Waals surface area (Å²) in [6.07, 6.45) is 0.946. The fourth-order valence-corrected chi connectivity index (χ4v) is 2.66. The fraction of sp³-hybridized carbons (Fsp3) is 0.588. The lowest BCUT2D eigenvalue weighted by atomic mass is 10.1. The lowest BCUT2D eigenvalue weighted by Crippen LogP contribution is -2.45. The largest absolute Gasteiger partial charge is 0.497 e. The SMILES string of the molecule is COc1ccc(OC)c(C(=O)NCCCN2CCN(C)CC2)c1. The molecule has 0 atom stereocenters. The molecule has 0 spiro atoms. The lowest BCUT2D eigenvalue weighted by molar-refractivity contribution is 0.0946. The Morgan fingerprint density at radius 1 is 1.17 bits per heavy atom. The molecular formula is C17H27N3O3. The Morgan fingerprint density at radius 2 is 1.91 bits per heavy atom. The van der Waals surface area contributed by atoms with Gasteiger partial charge in [-0.1, -0.05) is 0 Å². The Labute approximate surface area is 138 Å². The van der Waals surface area contributed by atoms with Crippen LogP contribution in [-0.4, -0.2) is 76.2 Å². The molecule has 1 fully saturated rings. The summed E-state index contributed by atoms with van der Waals surface area (Å²) in [5, 5.41) is 2.96. The number of hydrogen-bond donors (Lipinski definition) is 1. The number of rotatable bonds is 7. The van der Waals surface area contributed by atoms with Crippen LogP contribution in [0.1, 0.15) is 16.8 Å². The van der Waals surface area contributed by atoms with Crippen LogP contribution in [0.2, 0.25) is 0 Å². The van der Waals surface area contributed by atoms with E-state index in [0.29, 0.717) is 23.6 Å². The fourth-order valence-electron chi connectivity index (χ4n) is 2.66. The molecule has 1 saturated heterocycles. The van der Waals surface area contributed by atoms with Gasteiger partial charge in [-0.05, 0) is 38.2 Å². The van der Waals surface area contributed by atoms with Gasteiger partial charge in [0.1, 0.15) is 11.5 Å². The Hall–Kier alpha value is -1.79. The van der Waals surface area contributed by atoms with E-state index in [1.165, 1.54) is 0 Å². The summed E-state index contributed by atoms with van der Waals surface area (Å²) < 4.78 is 10.4. The second-order valence-electron chi connectivity index (χ2n) is 5.82. The first-order chi connectivity index (χ1) is 11.1. The van der Waals surface area contributed by atoms with E-state index in [4.69, 9.17) is 9.47 Å². The maximum atomic E-state index is 12.3. The molecule has 0 aliphatic carbocycles. The van der Waals surface area contributed by atoms with Gasteiger partial charge in [0, 0.05) is 32.7 Å². The number of carbonyl (C=O) groups excluding carboxylic acids is 1. The third-order valence-electron chi connectivity index (χ3n) is 4.18. The predicted octanol–water partition coefficient (Wildman–Crippen LogP) is 1.07. The monoisotopic (exact) mass is 321 g/mol. The average Bonchev–Trinajstić information content (AvgIpc) is 2.59. The van der Waals surface area contributed by atoms with Gasteiger partial charge < -0.3 is 24.6 Å². The first-order valence-electron chi connectivity index (χ1n) is 8.05. The van der Waals surface area contributed by atoms with Gasteiger partial charge in [-0.15, -0.1) is 0 Å². The highest BCUT2D eigenvalue weighted by Crippen LogP contribution is 2.23. The number of methoxy groups -OCH3 is 2. The van der Waals surface area contributed by atoms with Gasteiger partial charge in [-0.3, -0.25) is 4.79 Å². The van der Waals surface area contributed by atoms with Crippen molar-refractivity contribution >= 4 is 5.91 Å². The molecular weight excluding hydrogens is 294 g/mol. The standard InChI is InChI=1S/C17H27N3O3/c1-19-9-11-20(12-10-19)8-4-7-18-17(21)15-13-14(22-2)5-6-16(15)23-3/h5-6,13H,4,7-12H2,1-3H3,(H,18,21). The molecule has 0 unspecified atom stereocenters. The molecule has 2 rings (SSSR count). The van der Waals surface area contributed by atoms with Crippen LogP contribution in [0.5, 0.6) is 11.5 Å². The molecule has 1 amide bonds. The highest BCUT2D eigenvalue weighted by atomic mass is 16.5. The minimum Gasteiger partial charge on any atom is -0.497 e. The number of piperazine rings is 1. The first-order valence-corrected chi connectivity index (χ1v) is 8.05. The van der Waals surface area contributed by atoms with Crippen LogP contribution in [0.25, 0.3) is 0 Å². The second kappa shape index (κ2) is 8.74. The third kappa shape index (κ3) is 5.11. The Kier molecular flexibility index (Phi) is 6.67. The van der Waals surface area contributed by atoms with E-state index in [1.807, 2.05) is 0 Å². The molecule has 1 N–H and O–H groups in total. The summed E-state index contributed by atoms with van der Waals surface area (Å²) in [5.41, 5.74) is 0.506. The van der Waals surface area contributed by atoms with E-state index in [9.17, 15) is 4.79 Å². The van der Waals surface area contributed by atoms with E-state index < -0.39 is 0 Å². The molecule has 23 heavy (non-hydrogen) atoms. The Bertz CT molecular complexity index is 514. The molecule has 1 aromatic rings. The van der Waals surface area contributed by atoms with Crippen LogP contribution in [-0.2, 0) is 0 Å². The zero-order chi connectivity index (χ0) is 16.7. The molecule has 6 heteroatoms. The van der Waals surface area contributed by atoms with Crippen LogP contribution < -0.4 is 14.8 Å². The minimum atomic E-state index is -0.126. The number of nitrogens with zero attached hydrogens (tertiary/aromatic N) is 2. The summed E-state index contributed by atoms with van der Waals surface area (Å²) in [7, 11) is 5.30. The summed E-state index contributed by atoms with van der Waals surface area (Å²) in [6.45, 7) is 6.12. The number of benzene rings is 1. The minimum absolute atomic E-state index is 0.126. The van der Waals surface area contributed by atoms with E-state index in [0.717, 1.165) is 39.1 Å². The molecule has 0 saturated carbocycles. The number of hydrogen-bond acceptors (Lipinski definition) is 5. The number of carbonyl (C=O) groups is 1. The highest BCUT2D eigenvalue weighted by molar-refractivity contribution is 5.97. The quantitative estimate of drug-likeness (QED) is 0.762. The maximum Gasteiger partial charge on any atom is 0.255 e. The van der Waals surface area contributed by atoms with Crippen LogP contribution in [0.4, 0.5) is 0 Å². The second-order valence-corrected chi connectivity index (χ2v) is 5.82. The highest BCUT2D eigenvalue weighted by Gasteiger charge is 2.15. The number of likely N-dealkylation sites (N-methyl/N-ethyl adjacent to an activating group) is 1. The van der Waals surface area contributed by atoms with Crippen molar-refractivity contribution in [2.45, 2.75) is 6.42 Å². The van der Waals surface area contributed by atoms with Crippen molar-refractivity contribution in [1.82, 2.24) is 15.1 Å². The van der Waals surface area contributed by atoms with Crippen molar-refractivity contribution in [3.63, 3.8) is 0 Å².